The van der Waals surface area contributed by atoms with E-state index in [2.05, 4.69) is 0 Å². The Kier molecular flexibility index (Phi) is 2.78. The number of halogens is 2. The van der Waals surface area contributed by atoms with Gasteiger partial charge in [-0.3, -0.25) is 0 Å². The molecule has 0 spiro atoms. The maximum absolute atomic E-state index is 12.5. The minimum absolute atomic E-state index is 0.100. The smallest absolute Gasteiger partial charge is 0.427 e. The minimum atomic E-state index is -1.53. The third-order valence-corrected chi connectivity index (χ3v) is 1.40. The van der Waals surface area contributed by atoms with Crippen LogP contribution >= 0.6 is 0 Å². The molecule has 2 nitrogen and oxygen atoms in total. The van der Waals surface area contributed by atoms with Gasteiger partial charge in [0.05, 0.1) is 0 Å². The van der Waals surface area contributed by atoms with Crippen molar-refractivity contribution in [3.63, 3.8) is 0 Å². The Balaban J connectivity index is 2.82. The first kappa shape index (κ1) is 9.16. The van der Waals surface area contributed by atoms with Gasteiger partial charge >= 0.3 is 7.12 Å². The Morgan fingerprint density at radius 3 is 2.33 bits per heavy atom. The molecule has 0 saturated carbocycles. The van der Waals surface area contributed by atoms with Gasteiger partial charge in [0.1, 0.15) is 0 Å². The highest BCUT2D eigenvalue weighted by atomic mass is 19.2. The van der Waals surface area contributed by atoms with Gasteiger partial charge in [0.25, 0.3) is 0 Å². The van der Waals surface area contributed by atoms with Crippen molar-refractivity contribution in [2.24, 2.45) is 0 Å². The van der Waals surface area contributed by atoms with E-state index >= 15 is 0 Å². The predicted octanol–water partition coefficient (Wildman–Crippen LogP) is 0.519. The molecule has 0 heterocycles. The predicted molar refractivity (Wildman–Crippen MR) is 40.3 cm³/mol. The molecule has 0 atom stereocenters. The maximum Gasteiger partial charge on any atom is 0.456 e. The Morgan fingerprint density at radius 1 is 1.17 bits per heavy atom. The van der Waals surface area contributed by atoms with E-state index in [1.54, 1.807) is 0 Å². The quantitative estimate of drug-likeness (QED) is 0.638. The zero-order valence-corrected chi connectivity index (χ0v) is 6.17. The van der Waals surface area contributed by atoms with Crippen molar-refractivity contribution in [1.29, 1.82) is 0 Å². The van der Waals surface area contributed by atoms with Crippen LogP contribution in [0.2, 0.25) is 0 Å². The molecule has 0 aromatic heterocycles. The summed E-state index contributed by atoms with van der Waals surface area (Å²) < 4.78 is 24.8. The van der Waals surface area contributed by atoms with Crippen LogP contribution in [0.5, 0.6) is 0 Å². The second kappa shape index (κ2) is 3.64. The van der Waals surface area contributed by atoms with E-state index in [0.717, 1.165) is 12.1 Å². The zero-order chi connectivity index (χ0) is 9.14. The summed E-state index contributed by atoms with van der Waals surface area (Å²) in [5.74, 6) is -1.92. The topological polar surface area (TPSA) is 40.5 Å². The maximum atomic E-state index is 12.5. The van der Waals surface area contributed by atoms with E-state index in [1.807, 2.05) is 0 Å². The van der Waals surface area contributed by atoms with Crippen molar-refractivity contribution in [3.05, 3.63) is 35.4 Å². The number of rotatable bonds is 2. The molecule has 5 heteroatoms. The highest BCUT2D eigenvalue weighted by Crippen LogP contribution is 2.09. The lowest BCUT2D eigenvalue weighted by Gasteiger charge is -1.99. The van der Waals surface area contributed by atoms with Gasteiger partial charge in [-0.2, -0.15) is 0 Å². The molecular weight excluding hydrogens is 165 g/mol. The minimum Gasteiger partial charge on any atom is -0.427 e. The second-order valence-corrected chi connectivity index (χ2v) is 2.43. The first-order valence-electron chi connectivity index (χ1n) is 3.39. The Labute approximate surface area is 68.6 Å². The van der Waals surface area contributed by atoms with Gasteiger partial charge in [0.15, 0.2) is 11.6 Å². The fraction of sp³-hybridized carbons (Fsp3) is 0.143. The normalized spacial score (nSPS) is 10.0. The van der Waals surface area contributed by atoms with Crippen LogP contribution < -0.4 is 0 Å². The van der Waals surface area contributed by atoms with E-state index < -0.39 is 18.8 Å². The van der Waals surface area contributed by atoms with Gasteiger partial charge in [-0.15, -0.1) is 0 Å². The average molecular weight is 172 g/mol. The molecule has 0 saturated heterocycles. The fourth-order valence-electron chi connectivity index (χ4n) is 0.877. The van der Waals surface area contributed by atoms with Crippen LogP contribution in [0.3, 0.4) is 0 Å². The molecule has 0 aliphatic heterocycles. The third-order valence-electron chi connectivity index (χ3n) is 1.40. The van der Waals surface area contributed by atoms with Crippen LogP contribution in [0.4, 0.5) is 8.78 Å². The van der Waals surface area contributed by atoms with Crippen LogP contribution in [-0.4, -0.2) is 17.2 Å². The summed E-state index contributed by atoms with van der Waals surface area (Å²) in [5, 5.41) is 17.0. The van der Waals surface area contributed by atoms with Gasteiger partial charge in [0, 0.05) is 6.32 Å². The zero-order valence-electron chi connectivity index (χ0n) is 6.17. The molecule has 0 aliphatic carbocycles. The number of benzene rings is 1. The van der Waals surface area contributed by atoms with Crippen LogP contribution in [0, 0.1) is 11.6 Å². The lowest BCUT2D eigenvalue weighted by molar-refractivity contribution is 0.405. The first-order chi connectivity index (χ1) is 5.59. The highest BCUT2D eigenvalue weighted by Gasteiger charge is 2.09. The van der Waals surface area contributed by atoms with E-state index in [1.165, 1.54) is 6.07 Å². The van der Waals surface area contributed by atoms with Crippen LogP contribution in [-0.2, 0) is 6.32 Å². The monoisotopic (exact) mass is 172 g/mol. The number of hydrogen-bond donors (Lipinski definition) is 2. The molecule has 0 amide bonds. The summed E-state index contributed by atoms with van der Waals surface area (Å²) in [7, 11) is -1.53. The molecule has 64 valence electrons. The average Bonchev–Trinajstić information content (AvgIpc) is 1.96. The lowest BCUT2D eigenvalue weighted by atomic mass is 9.82. The Bertz CT molecular complexity index is 278. The molecule has 1 aromatic carbocycles. The summed E-state index contributed by atoms with van der Waals surface area (Å²) in [5.41, 5.74) is 0.351. The van der Waals surface area contributed by atoms with Crippen molar-refractivity contribution in [2.45, 2.75) is 6.32 Å². The van der Waals surface area contributed by atoms with E-state index in [4.69, 9.17) is 10.0 Å². The first-order valence-corrected chi connectivity index (χ1v) is 3.39. The second-order valence-electron chi connectivity index (χ2n) is 2.43. The fourth-order valence-corrected chi connectivity index (χ4v) is 0.877. The van der Waals surface area contributed by atoms with Crippen molar-refractivity contribution in [1.82, 2.24) is 0 Å². The van der Waals surface area contributed by atoms with Gasteiger partial charge in [0.2, 0.25) is 0 Å². The SMILES string of the molecule is OB(O)Cc1ccc(F)c(F)c1. The standard InChI is InChI=1S/C7H7BF2O2/c9-6-2-1-5(3-7(6)10)4-8(11)12/h1-3,11-12H,4H2. The molecule has 1 rings (SSSR count). The molecule has 0 bridgehead atoms. The third kappa shape index (κ3) is 2.28. The number of hydrogen-bond acceptors (Lipinski definition) is 2. The Hall–Kier alpha value is -0.935. The van der Waals surface area contributed by atoms with Crippen molar-refractivity contribution >= 4 is 7.12 Å². The van der Waals surface area contributed by atoms with Gasteiger partial charge in [-0.05, 0) is 17.7 Å². The molecule has 12 heavy (non-hydrogen) atoms. The molecule has 0 fully saturated rings. The van der Waals surface area contributed by atoms with E-state index in [9.17, 15) is 8.78 Å². The van der Waals surface area contributed by atoms with E-state index in [0.29, 0.717) is 5.56 Å². The largest absolute Gasteiger partial charge is 0.456 e. The summed E-state index contributed by atoms with van der Waals surface area (Å²) >= 11 is 0. The Morgan fingerprint density at radius 2 is 1.83 bits per heavy atom. The van der Waals surface area contributed by atoms with Gasteiger partial charge in [-0.1, -0.05) is 6.07 Å². The van der Waals surface area contributed by atoms with Crippen molar-refractivity contribution in [3.8, 4) is 0 Å². The molecule has 0 aliphatic rings. The van der Waals surface area contributed by atoms with Crippen LogP contribution in [0.1, 0.15) is 5.56 Å². The van der Waals surface area contributed by atoms with E-state index in [-0.39, 0.29) is 6.32 Å². The van der Waals surface area contributed by atoms with Gasteiger partial charge in [-0.25, -0.2) is 8.78 Å². The highest BCUT2D eigenvalue weighted by molar-refractivity contribution is 6.40. The molecule has 2 N–H and O–H groups in total. The van der Waals surface area contributed by atoms with Crippen molar-refractivity contribution < 1.29 is 18.8 Å². The summed E-state index contributed by atoms with van der Waals surface area (Å²) in [6.07, 6.45) is -0.100. The van der Waals surface area contributed by atoms with Crippen molar-refractivity contribution in [2.75, 3.05) is 0 Å². The molecular formula is C7H7BF2O2. The van der Waals surface area contributed by atoms with Crippen LogP contribution in [0.25, 0.3) is 0 Å². The lowest BCUT2D eigenvalue weighted by Crippen LogP contribution is -2.15. The van der Waals surface area contributed by atoms with Gasteiger partial charge < -0.3 is 10.0 Å². The summed E-state index contributed by atoms with van der Waals surface area (Å²) in [4.78, 5) is 0. The summed E-state index contributed by atoms with van der Waals surface area (Å²) in [6, 6.07) is 3.19. The van der Waals surface area contributed by atoms with Crippen LogP contribution in [0.15, 0.2) is 18.2 Å². The molecule has 0 radical (unpaired) electrons. The summed E-state index contributed by atoms with van der Waals surface area (Å²) in [6.45, 7) is 0. The molecule has 0 unspecified atom stereocenters. The molecule has 1 aromatic rings.